The number of carbonyl (C=O) groups excluding carboxylic acids is 1. The first-order valence-corrected chi connectivity index (χ1v) is 7.18. The minimum absolute atomic E-state index is 0.164. The van der Waals surface area contributed by atoms with E-state index in [9.17, 15) is 9.90 Å². The van der Waals surface area contributed by atoms with Gasteiger partial charge in [-0.25, -0.2) is 0 Å². The number of para-hydroxylation sites is 1. The van der Waals surface area contributed by atoms with Crippen LogP contribution in [0.1, 0.15) is 15.9 Å². The number of hydrogen-bond acceptors (Lipinski definition) is 3. The summed E-state index contributed by atoms with van der Waals surface area (Å²) in [6.07, 6.45) is 0. The van der Waals surface area contributed by atoms with Crippen molar-refractivity contribution in [3.05, 3.63) is 58.1 Å². The van der Waals surface area contributed by atoms with Gasteiger partial charge in [-0.15, -0.1) is 0 Å². The van der Waals surface area contributed by atoms with Crippen LogP contribution in [0, 0.1) is 0 Å². The van der Waals surface area contributed by atoms with Crippen LogP contribution in [0.5, 0.6) is 11.5 Å². The highest BCUT2D eigenvalue weighted by Crippen LogP contribution is 2.25. The van der Waals surface area contributed by atoms with Crippen LogP contribution in [-0.2, 0) is 6.54 Å². The normalized spacial score (nSPS) is 10.2. The number of methoxy groups -OCH3 is 1. The molecule has 2 rings (SSSR count). The second-order valence-corrected chi connectivity index (χ2v) is 5.55. The number of hydrogen-bond donors (Lipinski definition) is 1. The Labute approximate surface area is 132 Å². The molecule has 2 aromatic rings. The molecule has 0 aliphatic rings. The van der Waals surface area contributed by atoms with Crippen molar-refractivity contribution in [2.75, 3.05) is 14.2 Å². The minimum atomic E-state index is -0.164. The smallest absolute Gasteiger partial charge is 0.257 e. The van der Waals surface area contributed by atoms with Crippen molar-refractivity contribution < 1.29 is 14.6 Å². The molecular weight excluding hydrogens is 334 g/mol. The number of aromatic hydroxyl groups is 1. The molecule has 0 aliphatic heterocycles. The molecule has 0 saturated carbocycles. The summed E-state index contributed by atoms with van der Waals surface area (Å²) in [5.74, 6) is 0.529. The number of rotatable bonds is 4. The third kappa shape index (κ3) is 3.55. The van der Waals surface area contributed by atoms with Crippen molar-refractivity contribution in [3.8, 4) is 11.5 Å². The second-order valence-electron chi connectivity index (χ2n) is 4.63. The Balaban J connectivity index is 2.22. The van der Waals surface area contributed by atoms with E-state index in [-0.39, 0.29) is 11.7 Å². The molecular formula is C16H16BrNO3. The number of nitrogens with zero attached hydrogens (tertiary/aromatic N) is 1. The summed E-state index contributed by atoms with van der Waals surface area (Å²) in [4.78, 5) is 14.0. The van der Waals surface area contributed by atoms with Crippen molar-refractivity contribution in [3.63, 3.8) is 0 Å². The van der Waals surface area contributed by atoms with Crippen LogP contribution in [-0.4, -0.2) is 30.1 Å². The Hall–Kier alpha value is -2.01. The van der Waals surface area contributed by atoms with Gasteiger partial charge in [0.25, 0.3) is 5.91 Å². The Kier molecular flexibility index (Phi) is 4.85. The first-order chi connectivity index (χ1) is 10.0. The first-order valence-electron chi connectivity index (χ1n) is 6.39. The summed E-state index contributed by atoms with van der Waals surface area (Å²) in [7, 11) is 3.22. The Morgan fingerprint density at radius 1 is 1.29 bits per heavy atom. The van der Waals surface area contributed by atoms with Gasteiger partial charge in [-0.05, 0) is 24.3 Å². The van der Waals surface area contributed by atoms with E-state index >= 15 is 0 Å². The highest BCUT2D eigenvalue weighted by Gasteiger charge is 2.17. The minimum Gasteiger partial charge on any atom is -0.508 e. The quantitative estimate of drug-likeness (QED) is 0.919. The summed E-state index contributed by atoms with van der Waals surface area (Å²) in [6, 6.07) is 12.2. The van der Waals surface area contributed by atoms with Crippen molar-refractivity contribution in [1.29, 1.82) is 0 Å². The predicted molar refractivity (Wildman–Crippen MR) is 84.6 cm³/mol. The van der Waals surface area contributed by atoms with Gasteiger partial charge < -0.3 is 14.7 Å². The topological polar surface area (TPSA) is 49.8 Å². The van der Waals surface area contributed by atoms with Crippen LogP contribution in [0.2, 0.25) is 0 Å². The molecule has 2 aromatic carbocycles. The number of benzene rings is 2. The number of phenolic OH excluding ortho intramolecular Hbond substituents is 1. The molecule has 1 amide bonds. The Morgan fingerprint density at radius 3 is 2.67 bits per heavy atom. The maximum Gasteiger partial charge on any atom is 0.257 e. The van der Waals surface area contributed by atoms with E-state index in [1.165, 1.54) is 7.11 Å². The number of amides is 1. The van der Waals surface area contributed by atoms with Crippen LogP contribution < -0.4 is 4.74 Å². The molecule has 0 bridgehead atoms. The van der Waals surface area contributed by atoms with Crippen LogP contribution in [0.15, 0.2) is 46.9 Å². The number of phenols is 1. The predicted octanol–water partition coefficient (Wildman–Crippen LogP) is 3.44. The lowest BCUT2D eigenvalue weighted by Gasteiger charge is -2.19. The lowest BCUT2D eigenvalue weighted by Crippen LogP contribution is -2.26. The standard InChI is InChI=1S/C16H16BrNO3/c1-18(10-11-5-3-4-6-14(11)19)16(20)13-8-7-12(17)9-15(13)21-2/h3-9,19H,10H2,1-2H3. The molecule has 0 aliphatic carbocycles. The zero-order chi connectivity index (χ0) is 15.4. The van der Waals surface area contributed by atoms with Crippen molar-refractivity contribution in [2.24, 2.45) is 0 Å². The van der Waals surface area contributed by atoms with E-state index in [4.69, 9.17) is 4.74 Å². The fourth-order valence-corrected chi connectivity index (χ4v) is 2.36. The van der Waals surface area contributed by atoms with E-state index in [1.807, 2.05) is 6.07 Å². The van der Waals surface area contributed by atoms with Crippen LogP contribution in [0.25, 0.3) is 0 Å². The lowest BCUT2D eigenvalue weighted by atomic mass is 10.1. The van der Waals surface area contributed by atoms with Gasteiger partial charge >= 0.3 is 0 Å². The van der Waals surface area contributed by atoms with Crippen molar-refractivity contribution in [2.45, 2.75) is 6.54 Å². The van der Waals surface area contributed by atoms with Gasteiger partial charge in [-0.2, -0.15) is 0 Å². The monoisotopic (exact) mass is 349 g/mol. The second kappa shape index (κ2) is 6.63. The third-order valence-electron chi connectivity index (χ3n) is 3.14. The fourth-order valence-electron chi connectivity index (χ4n) is 2.02. The molecule has 0 aromatic heterocycles. The van der Waals surface area contributed by atoms with Gasteiger partial charge in [-0.3, -0.25) is 4.79 Å². The molecule has 1 N–H and O–H groups in total. The first kappa shape index (κ1) is 15.4. The van der Waals surface area contributed by atoms with Crippen molar-refractivity contribution >= 4 is 21.8 Å². The molecule has 21 heavy (non-hydrogen) atoms. The molecule has 110 valence electrons. The van der Waals surface area contributed by atoms with E-state index in [0.717, 1.165) is 4.47 Å². The van der Waals surface area contributed by atoms with Crippen LogP contribution >= 0.6 is 15.9 Å². The summed E-state index contributed by atoms with van der Waals surface area (Å²) >= 11 is 3.35. The molecule has 0 atom stereocenters. The molecule has 0 fully saturated rings. The van der Waals surface area contributed by atoms with E-state index in [0.29, 0.717) is 23.4 Å². The highest BCUT2D eigenvalue weighted by molar-refractivity contribution is 9.10. The average molecular weight is 350 g/mol. The molecule has 0 radical (unpaired) electrons. The zero-order valence-corrected chi connectivity index (χ0v) is 13.4. The maximum atomic E-state index is 12.5. The Morgan fingerprint density at radius 2 is 2.00 bits per heavy atom. The molecule has 0 spiro atoms. The highest BCUT2D eigenvalue weighted by atomic mass is 79.9. The number of halogens is 1. The SMILES string of the molecule is COc1cc(Br)ccc1C(=O)N(C)Cc1ccccc1O. The summed E-state index contributed by atoms with van der Waals surface area (Å²) in [5, 5.41) is 9.78. The van der Waals surface area contributed by atoms with E-state index in [1.54, 1.807) is 48.3 Å². The van der Waals surface area contributed by atoms with Gasteiger partial charge in [0.05, 0.1) is 12.7 Å². The zero-order valence-electron chi connectivity index (χ0n) is 11.8. The fraction of sp³-hybridized carbons (Fsp3) is 0.188. The summed E-state index contributed by atoms with van der Waals surface area (Å²) in [5.41, 5.74) is 1.18. The van der Waals surface area contributed by atoms with E-state index in [2.05, 4.69) is 15.9 Å². The third-order valence-corrected chi connectivity index (χ3v) is 3.63. The number of carbonyl (C=O) groups is 1. The largest absolute Gasteiger partial charge is 0.508 e. The molecule has 5 heteroatoms. The maximum absolute atomic E-state index is 12.5. The molecule has 4 nitrogen and oxygen atoms in total. The summed E-state index contributed by atoms with van der Waals surface area (Å²) < 4.78 is 6.09. The molecule has 0 saturated heterocycles. The number of ether oxygens (including phenoxy) is 1. The van der Waals surface area contributed by atoms with Gasteiger partial charge in [0.15, 0.2) is 0 Å². The lowest BCUT2D eigenvalue weighted by molar-refractivity contribution is 0.0781. The van der Waals surface area contributed by atoms with Crippen molar-refractivity contribution in [1.82, 2.24) is 4.90 Å². The van der Waals surface area contributed by atoms with Gasteiger partial charge in [0.1, 0.15) is 11.5 Å². The van der Waals surface area contributed by atoms with Gasteiger partial charge in [0, 0.05) is 23.6 Å². The van der Waals surface area contributed by atoms with Gasteiger partial charge in [-0.1, -0.05) is 34.1 Å². The van der Waals surface area contributed by atoms with Crippen LogP contribution in [0.4, 0.5) is 0 Å². The molecule has 0 unspecified atom stereocenters. The van der Waals surface area contributed by atoms with Gasteiger partial charge in [0.2, 0.25) is 0 Å². The molecule has 0 heterocycles. The van der Waals surface area contributed by atoms with Crippen LogP contribution in [0.3, 0.4) is 0 Å². The summed E-state index contributed by atoms with van der Waals surface area (Å²) in [6.45, 7) is 0.324. The average Bonchev–Trinajstić information content (AvgIpc) is 2.48. The Bertz CT molecular complexity index is 658. The van der Waals surface area contributed by atoms with E-state index < -0.39 is 0 Å².